The second-order valence-electron chi connectivity index (χ2n) is 3.76. The SMILES string of the molecule is Cn1c(=O)n(CCN)c(=O)c2c(O)cccc21. The van der Waals surface area contributed by atoms with Crippen LogP contribution in [-0.4, -0.2) is 20.8 Å². The van der Waals surface area contributed by atoms with Crippen molar-refractivity contribution in [1.29, 1.82) is 0 Å². The van der Waals surface area contributed by atoms with Crippen molar-refractivity contribution in [1.82, 2.24) is 9.13 Å². The molecule has 6 nitrogen and oxygen atoms in total. The first kappa shape index (κ1) is 11.4. The summed E-state index contributed by atoms with van der Waals surface area (Å²) in [5.74, 6) is -0.131. The fraction of sp³-hybridized carbons (Fsp3) is 0.273. The number of aryl methyl sites for hydroxylation is 1. The second-order valence-corrected chi connectivity index (χ2v) is 3.76. The Morgan fingerprint density at radius 2 is 2.06 bits per heavy atom. The lowest BCUT2D eigenvalue weighted by molar-refractivity contribution is 0.479. The number of nitrogens with two attached hydrogens (primary N) is 1. The van der Waals surface area contributed by atoms with E-state index in [2.05, 4.69) is 0 Å². The molecule has 1 aromatic heterocycles. The van der Waals surface area contributed by atoms with E-state index in [1.165, 1.54) is 10.6 Å². The van der Waals surface area contributed by atoms with E-state index in [1.54, 1.807) is 19.2 Å². The Morgan fingerprint density at radius 1 is 1.35 bits per heavy atom. The summed E-state index contributed by atoms with van der Waals surface area (Å²) in [6, 6.07) is 4.62. The van der Waals surface area contributed by atoms with Crippen LogP contribution in [0.4, 0.5) is 0 Å². The van der Waals surface area contributed by atoms with Crippen molar-refractivity contribution in [3.8, 4) is 5.75 Å². The van der Waals surface area contributed by atoms with Crippen molar-refractivity contribution < 1.29 is 5.11 Å². The molecule has 0 saturated carbocycles. The molecule has 0 unspecified atom stereocenters. The number of aromatic nitrogens is 2. The zero-order chi connectivity index (χ0) is 12.6. The summed E-state index contributed by atoms with van der Waals surface area (Å²) in [5, 5.41) is 9.84. The molecule has 2 aromatic rings. The van der Waals surface area contributed by atoms with Gasteiger partial charge in [0.2, 0.25) is 0 Å². The van der Waals surface area contributed by atoms with Crippen LogP contribution in [0.3, 0.4) is 0 Å². The fourth-order valence-corrected chi connectivity index (χ4v) is 1.86. The summed E-state index contributed by atoms with van der Waals surface area (Å²) in [5.41, 5.74) is 4.83. The molecule has 0 aliphatic carbocycles. The molecule has 0 amide bonds. The summed E-state index contributed by atoms with van der Waals surface area (Å²) >= 11 is 0. The van der Waals surface area contributed by atoms with Crippen LogP contribution in [-0.2, 0) is 13.6 Å². The van der Waals surface area contributed by atoms with Gasteiger partial charge in [-0.3, -0.25) is 13.9 Å². The quantitative estimate of drug-likeness (QED) is 0.724. The van der Waals surface area contributed by atoms with Gasteiger partial charge in [0.05, 0.1) is 5.52 Å². The van der Waals surface area contributed by atoms with Crippen molar-refractivity contribution in [3.05, 3.63) is 39.0 Å². The van der Waals surface area contributed by atoms with Crippen LogP contribution in [0, 0.1) is 0 Å². The van der Waals surface area contributed by atoms with Gasteiger partial charge in [-0.25, -0.2) is 4.79 Å². The molecule has 0 aliphatic rings. The van der Waals surface area contributed by atoms with E-state index in [0.717, 1.165) is 4.57 Å². The molecule has 0 atom stereocenters. The van der Waals surface area contributed by atoms with Crippen LogP contribution in [0.25, 0.3) is 10.9 Å². The average Bonchev–Trinajstić information content (AvgIpc) is 2.31. The first-order valence-corrected chi connectivity index (χ1v) is 5.19. The van der Waals surface area contributed by atoms with E-state index in [4.69, 9.17) is 5.73 Å². The lowest BCUT2D eigenvalue weighted by atomic mass is 10.2. The van der Waals surface area contributed by atoms with Crippen molar-refractivity contribution >= 4 is 10.9 Å². The minimum atomic E-state index is -0.508. The minimum Gasteiger partial charge on any atom is -0.507 e. The maximum Gasteiger partial charge on any atom is 0.331 e. The Balaban J connectivity index is 3.02. The minimum absolute atomic E-state index is 0.131. The molecule has 17 heavy (non-hydrogen) atoms. The molecule has 0 fully saturated rings. The van der Waals surface area contributed by atoms with E-state index < -0.39 is 11.2 Å². The summed E-state index contributed by atoms with van der Waals surface area (Å²) in [6.07, 6.45) is 0. The predicted molar refractivity (Wildman–Crippen MR) is 64.2 cm³/mol. The maximum absolute atomic E-state index is 12.0. The summed E-state index contributed by atoms with van der Waals surface area (Å²) in [7, 11) is 1.55. The molecule has 0 aliphatic heterocycles. The Bertz CT molecular complexity index is 685. The third-order valence-corrected chi connectivity index (χ3v) is 2.71. The van der Waals surface area contributed by atoms with E-state index in [-0.39, 0.29) is 24.2 Å². The summed E-state index contributed by atoms with van der Waals surface area (Å²) < 4.78 is 2.36. The van der Waals surface area contributed by atoms with Gasteiger partial charge in [-0.2, -0.15) is 0 Å². The van der Waals surface area contributed by atoms with Gasteiger partial charge in [0.25, 0.3) is 5.56 Å². The van der Waals surface area contributed by atoms with Gasteiger partial charge in [-0.1, -0.05) is 6.07 Å². The normalized spacial score (nSPS) is 10.9. The Morgan fingerprint density at radius 3 is 2.71 bits per heavy atom. The van der Waals surface area contributed by atoms with E-state index >= 15 is 0 Å². The smallest absolute Gasteiger partial charge is 0.331 e. The molecule has 3 N–H and O–H groups in total. The highest BCUT2D eigenvalue weighted by Gasteiger charge is 2.12. The van der Waals surface area contributed by atoms with Gasteiger partial charge in [-0.15, -0.1) is 0 Å². The molecule has 90 valence electrons. The van der Waals surface area contributed by atoms with Crippen LogP contribution < -0.4 is 17.0 Å². The van der Waals surface area contributed by atoms with E-state index in [0.29, 0.717) is 5.52 Å². The highest BCUT2D eigenvalue weighted by Crippen LogP contribution is 2.18. The van der Waals surface area contributed by atoms with Crippen LogP contribution >= 0.6 is 0 Å². The van der Waals surface area contributed by atoms with E-state index in [9.17, 15) is 14.7 Å². The van der Waals surface area contributed by atoms with Crippen LogP contribution in [0.1, 0.15) is 0 Å². The van der Waals surface area contributed by atoms with E-state index in [1.807, 2.05) is 0 Å². The largest absolute Gasteiger partial charge is 0.507 e. The lowest BCUT2D eigenvalue weighted by Gasteiger charge is -2.10. The van der Waals surface area contributed by atoms with Crippen molar-refractivity contribution in [2.24, 2.45) is 12.8 Å². The molecule has 1 heterocycles. The van der Waals surface area contributed by atoms with Gasteiger partial charge >= 0.3 is 5.69 Å². The monoisotopic (exact) mass is 235 g/mol. The van der Waals surface area contributed by atoms with Crippen LogP contribution in [0.15, 0.2) is 27.8 Å². The first-order chi connectivity index (χ1) is 8.07. The maximum atomic E-state index is 12.0. The van der Waals surface area contributed by atoms with Gasteiger partial charge in [0.15, 0.2) is 0 Å². The standard InChI is InChI=1S/C11H13N3O3/c1-13-7-3-2-4-8(15)9(7)10(16)14(6-5-12)11(13)17/h2-4,15H,5-6,12H2,1H3. The third kappa shape index (κ3) is 1.62. The average molecular weight is 235 g/mol. The topological polar surface area (TPSA) is 90.3 Å². The number of hydrogen-bond acceptors (Lipinski definition) is 4. The number of nitrogens with zero attached hydrogens (tertiary/aromatic N) is 2. The molecule has 0 spiro atoms. The second kappa shape index (κ2) is 4.06. The lowest BCUT2D eigenvalue weighted by Crippen LogP contribution is -2.40. The molecule has 0 radical (unpaired) electrons. The molecule has 2 rings (SSSR count). The van der Waals surface area contributed by atoms with Crippen LogP contribution in [0.5, 0.6) is 5.75 Å². The molecule has 0 bridgehead atoms. The highest BCUT2D eigenvalue weighted by atomic mass is 16.3. The Labute approximate surface area is 96.5 Å². The molecule has 6 heteroatoms. The number of rotatable bonds is 2. The van der Waals surface area contributed by atoms with Gasteiger partial charge < -0.3 is 10.8 Å². The van der Waals surface area contributed by atoms with Gasteiger partial charge in [0, 0.05) is 20.1 Å². The number of fused-ring (bicyclic) bond motifs is 1. The Kier molecular flexibility index (Phi) is 2.72. The third-order valence-electron chi connectivity index (χ3n) is 2.71. The highest BCUT2D eigenvalue weighted by molar-refractivity contribution is 5.84. The molecule has 1 aromatic carbocycles. The number of phenols is 1. The fourth-order valence-electron chi connectivity index (χ4n) is 1.86. The zero-order valence-electron chi connectivity index (χ0n) is 9.38. The predicted octanol–water partition coefficient (Wildman–Crippen LogP) is -0.635. The zero-order valence-corrected chi connectivity index (χ0v) is 9.38. The van der Waals surface area contributed by atoms with Crippen LogP contribution in [0.2, 0.25) is 0 Å². The first-order valence-electron chi connectivity index (χ1n) is 5.19. The summed E-state index contributed by atoms with van der Waals surface area (Å²) in [4.78, 5) is 23.9. The number of hydrogen-bond donors (Lipinski definition) is 2. The van der Waals surface area contributed by atoms with Gasteiger partial charge in [0.1, 0.15) is 11.1 Å². The number of aromatic hydroxyl groups is 1. The number of benzene rings is 1. The Hall–Kier alpha value is -2.08. The molecule has 0 saturated heterocycles. The number of phenolic OH excluding ortho intramolecular Hbond substituents is 1. The summed E-state index contributed by atoms with van der Waals surface area (Å²) in [6.45, 7) is 0.323. The van der Waals surface area contributed by atoms with Gasteiger partial charge in [-0.05, 0) is 12.1 Å². The van der Waals surface area contributed by atoms with Crippen molar-refractivity contribution in [2.75, 3.05) is 6.54 Å². The molecular weight excluding hydrogens is 222 g/mol. The van der Waals surface area contributed by atoms with Crippen molar-refractivity contribution in [2.45, 2.75) is 6.54 Å². The van der Waals surface area contributed by atoms with Crippen molar-refractivity contribution in [3.63, 3.8) is 0 Å². The molecular formula is C11H13N3O3.